The second-order valence-corrected chi connectivity index (χ2v) is 10.9. The number of benzene rings is 3. The largest absolute Gasteiger partial charge is 0.493 e. The number of methoxy groups -OCH3 is 2. The third-order valence-electron chi connectivity index (χ3n) is 6.88. The number of aliphatic hydroxyl groups is 1. The van der Waals surface area contributed by atoms with Gasteiger partial charge in [-0.1, -0.05) is 12.1 Å². The third kappa shape index (κ3) is 7.15. The highest BCUT2D eigenvalue weighted by Crippen LogP contribution is 2.38. The average molecular weight is 577 g/mol. The molecule has 1 atom stereocenters. The summed E-state index contributed by atoms with van der Waals surface area (Å²) in [7, 11) is 3.22. The summed E-state index contributed by atoms with van der Waals surface area (Å²) in [5.74, 6) is 5.27. The van der Waals surface area contributed by atoms with Gasteiger partial charge in [0.05, 0.1) is 25.4 Å². The second kappa shape index (κ2) is 13.8. The van der Waals surface area contributed by atoms with Gasteiger partial charge in [0.25, 0.3) is 0 Å². The first-order valence-electron chi connectivity index (χ1n) is 13.6. The van der Waals surface area contributed by atoms with Gasteiger partial charge in [-0.2, -0.15) is 11.8 Å². The lowest BCUT2D eigenvalue weighted by Gasteiger charge is -2.28. The Hall–Kier alpha value is -3.70. The van der Waals surface area contributed by atoms with Crippen LogP contribution in [-0.4, -0.2) is 73.1 Å². The van der Waals surface area contributed by atoms with Crippen molar-refractivity contribution in [2.24, 2.45) is 5.73 Å². The van der Waals surface area contributed by atoms with Gasteiger partial charge in [-0.3, -0.25) is 9.88 Å². The van der Waals surface area contributed by atoms with Crippen LogP contribution in [0.3, 0.4) is 0 Å². The van der Waals surface area contributed by atoms with Crippen LogP contribution >= 0.6 is 11.8 Å². The van der Waals surface area contributed by atoms with Gasteiger partial charge in [-0.05, 0) is 42.5 Å². The molecule has 2 heterocycles. The van der Waals surface area contributed by atoms with Crippen molar-refractivity contribution in [2.75, 3.05) is 57.3 Å². The highest BCUT2D eigenvalue weighted by atomic mass is 32.2. The van der Waals surface area contributed by atoms with Crippen molar-refractivity contribution in [3.63, 3.8) is 0 Å². The molecular formula is C31H36N4O5S. The van der Waals surface area contributed by atoms with Crippen molar-refractivity contribution in [2.45, 2.75) is 12.6 Å². The summed E-state index contributed by atoms with van der Waals surface area (Å²) in [6.45, 7) is 3.04. The molecule has 0 spiro atoms. The van der Waals surface area contributed by atoms with Gasteiger partial charge in [-0.15, -0.1) is 0 Å². The fourth-order valence-corrected chi connectivity index (χ4v) is 5.70. The van der Waals surface area contributed by atoms with Gasteiger partial charge in [0.1, 0.15) is 18.5 Å². The normalized spacial score (nSPS) is 14.4. The van der Waals surface area contributed by atoms with E-state index in [0.29, 0.717) is 41.8 Å². The molecule has 5 rings (SSSR count). The van der Waals surface area contributed by atoms with Gasteiger partial charge >= 0.3 is 0 Å². The van der Waals surface area contributed by atoms with E-state index in [-0.39, 0.29) is 6.61 Å². The zero-order valence-electron chi connectivity index (χ0n) is 23.3. The summed E-state index contributed by atoms with van der Waals surface area (Å²) in [5.41, 5.74) is 9.37. The van der Waals surface area contributed by atoms with Crippen LogP contribution in [0.2, 0.25) is 0 Å². The number of aromatic nitrogens is 1. The van der Waals surface area contributed by atoms with Crippen LogP contribution < -0.4 is 30.0 Å². The van der Waals surface area contributed by atoms with Crippen molar-refractivity contribution in [1.29, 1.82) is 0 Å². The van der Waals surface area contributed by atoms with E-state index in [0.717, 1.165) is 52.4 Å². The fourth-order valence-electron chi connectivity index (χ4n) is 4.72. The number of fused-ring (bicyclic) bond motifs is 1. The van der Waals surface area contributed by atoms with Crippen molar-refractivity contribution in [1.82, 2.24) is 9.88 Å². The van der Waals surface area contributed by atoms with Gasteiger partial charge in [0.2, 0.25) is 0 Å². The fraction of sp³-hybridized carbons (Fsp3) is 0.323. The molecule has 0 amide bonds. The molecule has 1 fully saturated rings. The molecular weight excluding hydrogens is 540 g/mol. The number of rotatable bonds is 12. The molecule has 4 aromatic rings. The maximum Gasteiger partial charge on any atom is 0.169 e. The molecule has 1 saturated heterocycles. The number of nitrogens with one attached hydrogen (secondary N) is 1. The third-order valence-corrected chi connectivity index (χ3v) is 7.82. The first-order valence-corrected chi connectivity index (χ1v) is 14.7. The molecule has 1 unspecified atom stereocenters. The molecule has 0 bridgehead atoms. The quantitative estimate of drug-likeness (QED) is 0.212. The number of hydrogen-bond donors (Lipinski definition) is 3. The summed E-state index contributed by atoms with van der Waals surface area (Å²) in [6.07, 6.45) is 1.17. The van der Waals surface area contributed by atoms with Gasteiger partial charge in [0, 0.05) is 66.6 Å². The van der Waals surface area contributed by atoms with E-state index in [1.165, 1.54) is 0 Å². The predicted molar refractivity (Wildman–Crippen MR) is 164 cm³/mol. The smallest absolute Gasteiger partial charge is 0.169 e. The Morgan fingerprint density at radius 3 is 2.41 bits per heavy atom. The highest BCUT2D eigenvalue weighted by Gasteiger charge is 2.18. The number of anilines is 2. The second-order valence-electron chi connectivity index (χ2n) is 9.66. The van der Waals surface area contributed by atoms with Gasteiger partial charge in [0.15, 0.2) is 23.0 Å². The standard InChI is InChI=1S/C31H36N4O5S/c1-37-27-5-3-4-6-28(27)40-24-9-7-22(8-10-24)34-31-21(17-32)18-33-26-16-30(29(38-2)15-25(26)31)39-20-23(36)19-35-11-13-41-14-12-35/h3-10,15-16,18,23,36H,11-14,17,19-20,32H2,1-2H3,(H,33,34). The number of para-hydroxylation sites is 2. The van der Waals surface area contributed by atoms with Crippen LogP contribution in [0.1, 0.15) is 5.56 Å². The number of nitrogens with zero attached hydrogens (tertiary/aromatic N) is 2. The summed E-state index contributed by atoms with van der Waals surface area (Å²) < 4.78 is 23.1. The number of β-amino-alcohol motifs (C(OH)–C–C–N with tert-alkyl or cyclic N) is 1. The van der Waals surface area contributed by atoms with E-state index in [1.54, 1.807) is 20.4 Å². The summed E-state index contributed by atoms with van der Waals surface area (Å²) >= 11 is 1.95. The molecule has 0 saturated carbocycles. The zero-order valence-corrected chi connectivity index (χ0v) is 24.2. The molecule has 1 aliphatic rings. The Labute approximate surface area is 244 Å². The van der Waals surface area contributed by atoms with E-state index in [2.05, 4.69) is 15.2 Å². The molecule has 10 heteroatoms. The lowest BCUT2D eigenvalue weighted by molar-refractivity contribution is 0.0705. The lowest BCUT2D eigenvalue weighted by atomic mass is 10.1. The number of nitrogens with two attached hydrogens (primary N) is 1. The first-order chi connectivity index (χ1) is 20.1. The predicted octanol–water partition coefficient (Wildman–Crippen LogP) is 5.04. The van der Waals surface area contributed by atoms with Crippen molar-refractivity contribution < 1.29 is 24.1 Å². The van der Waals surface area contributed by atoms with Crippen LogP contribution in [0.4, 0.5) is 11.4 Å². The van der Waals surface area contributed by atoms with Crippen molar-refractivity contribution in [3.05, 3.63) is 72.4 Å². The summed E-state index contributed by atoms with van der Waals surface area (Å²) in [4.78, 5) is 6.90. The van der Waals surface area contributed by atoms with Crippen LogP contribution in [0.25, 0.3) is 10.9 Å². The molecule has 4 N–H and O–H groups in total. The minimum Gasteiger partial charge on any atom is -0.493 e. The molecule has 9 nitrogen and oxygen atoms in total. The molecule has 0 aliphatic carbocycles. The molecule has 0 radical (unpaired) electrons. The van der Waals surface area contributed by atoms with Gasteiger partial charge < -0.3 is 35.1 Å². The number of hydrogen-bond acceptors (Lipinski definition) is 10. The van der Waals surface area contributed by atoms with Crippen LogP contribution in [0.15, 0.2) is 66.9 Å². The minimum absolute atomic E-state index is 0.167. The Kier molecular flexibility index (Phi) is 9.68. The SMILES string of the molecule is COc1cc2c(Nc3ccc(Oc4ccccc4OC)cc3)c(CN)cnc2cc1OCC(O)CN1CCSCC1. The van der Waals surface area contributed by atoms with E-state index >= 15 is 0 Å². The highest BCUT2D eigenvalue weighted by molar-refractivity contribution is 7.99. The number of aliphatic hydroxyl groups excluding tert-OH is 1. The average Bonchev–Trinajstić information content (AvgIpc) is 3.01. The van der Waals surface area contributed by atoms with Crippen molar-refractivity contribution in [3.8, 4) is 28.7 Å². The maximum atomic E-state index is 10.6. The van der Waals surface area contributed by atoms with E-state index in [4.69, 9.17) is 24.7 Å². The number of pyridine rings is 1. The van der Waals surface area contributed by atoms with E-state index in [9.17, 15) is 5.11 Å². The Balaban J connectivity index is 1.33. The zero-order chi connectivity index (χ0) is 28.6. The first kappa shape index (κ1) is 28.8. The maximum absolute atomic E-state index is 10.6. The summed E-state index contributed by atoms with van der Waals surface area (Å²) in [6, 6.07) is 18.9. The molecule has 216 valence electrons. The van der Waals surface area contributed by atoms with E-state index < -0.39 is 6.10 Å². The monoisotopic (exact) mass is 576 g/mol. The summed E-state index contributed by atoms with van der Waals surface area (Å²) in [5, 5.41) is 14.9. The Bertz CT molecular complexity index is 1450. The molecule has 1 aromatic heterocycles. The molecule has 1 aliphatic heterocycles. The molecule has 3 aromatic carbocycles. The Morgan fingerprint density at radius 2 is 1.71 bits per heavy atom. The number of ether oxygens (including phenoxy) is 4. The van der Waals surface area contributed by atoms with Crippen LogP contribution in [0, 0.1) is 0 Å². The minimum atomic E-state index is -0.599. The topological polar surface area (TPSA) is 111 Å². The van der Waals surface area contributed by atoms with Crippen LogP contribution in [0.5, 0.6) is 28.7 Å². The molecule has 41 heavy (non-hydrogen) atoms. The van der Waals surface area contributed by atoms with Gasteiger partial charge in [-0.25, -0.2) is 0 Å². The van der Waals surface area contributed by atoms with Crippen LogP contribution in [-0.2, 0) is 6.54 Å². The van der Waals surface area contributed by atoms with Crippen molar-refractivity contribution >= 4 is 34.0 Å². The lowest BCUT2D eigenvalue weighted by Crippen LogP contribution is -2.40. The van der Waals surface area contributed by atoms with E-state index in [1.807, 2.05) is 72.4 Å². The Morgan fingerprint density at radius 1 is 0.976 bits per heavy atom. The number of thioether (sulfide) groups is 1.